The summed E-state index contributed by atoms with van der Waals surface area (Å²) in [4.78, 5) is 70.8. The third-order valence-corrected chi connectivity index (χ3v) is 12.2. The van der Waals surface area contributed by atoms with Crippen molar-refractivity contribution in [2.24, 2.45) is 0 Å². The first kappa shape index (κ1) is 52.0. The largest absolute Gasteiger partial charge is 0.424 e. The lowest BCUT2D eigenvalue weighted by atomic mass is 10.1. The number of benzene rings is 4. The number of carbonyl (C=O) groups excluding carboxylic acids is 4. The van der Waals surface area contributed by atoms with Crippen molar-refractivity contribution < 1.29 is 46.9 Å². The van der Waals surface area contributed by atoms with Crippen LogP contribution in [0.25, 0.3) is 0 Å². The van der Waals surface area contributed by atoms with Gasteiger partial charge in [0, 0.05) is 57.2 Å². The average molecular weight is 1020 g/mol. The zero-order chi connectivity index (χ0) is 50.9. The van der Waals surface area contributed by atoms with Gasteiger partial charge in [-0.2, -0.15) is 9.97 Å². The molecule has 18 nitrogen and oxygen atoms in total. The Morgan fingerprint density at radius 3 is 1.56 bits per heavy atom. The number of amides is 3. The van der Waals surface area contributed by atoms with Gasteiger partial charge in [0.25, 0.3) is 11.1 Å². The van der Waals surface area contributed by atoms with Crippen LogP contribution in [-0.4, -0.2) is 159 Å². The Morgan fingerprint density at radius 2 is 1.04 bits per heavy atom. The molecule has 0 saturated carbocycles. The van der Waals surface area contributed by atoms with Gasteiger partial charge in [-0.15, -0.1) is 0 Å². The Hall–Kier alpha value is -7.33. The maximum atomic E-state index is 13.6. The number of nitrogens with one attached hydrogen (secondary N) is 1. The molecule has 4 aromatic carbocycles. The number of carbonyl (C=O) groups is 4. The van der Waals surface area contributed by atoms with Crippen molar-refractivity contribution in [2.75, 3.05) is 78.8 Å². The molecule has 73 heavy (non-hydrogen) atoms. The Morgan fingerprint density at radius 1 is 0.575 bits per heavy atom. The van der Waals surface area contributed by atoms with Crippen LogP contribution in [0.1, 0.15) is 32.1 Å². The van der Waals surface area contributed by atoms with Crippen LogP contribution < -0.4 is 14.9 Å². The molecule has 4 aliphatic rings. The lowest BCUT2D eigenvalue weighted by Crippen LogP contribution is -2.46. The monoisotopic (exact) mass is 1020 g/mol. The molecule has 6 aromatic rings. The van der Waals surface area contributed by atoms with Crippen molar-refractivity contribution in [3.05, 3.63) is 168 Å². The van der Waals surface area contributed by atoms with E-state index < -0.39 is 11.1 Å². The van der Waals surface area contributed by atoms with Crippen LogP contribution in [0, 0.1) is 11.6 Å². The topological polar surface area (TPSA) is 185 Å². The van der Waals surface area contributed by atoms with Crippen molar-refractivity contribution in [3.8, 4) is 23.5 Å². The second-order valence-corrected chi connectivity index (χ2v) is 17.3. The summed E-state index contributed by atoms with van der Waals surface area (Å²) in [5.74, 6) is -0.142. The summed E-state index contributed by atoms with van der Waals surface area (Å²) in [6.45, 7) is 8.25. The normalized spacial score (nSPS) is 17.9. The van der Waals surface area contributed by atoms with E-state index in [0.29, 0.717) is 62.4 Å². The van der Waals surface area contributed by atoms with Crippen molar-refractivity contribution >= 4 is 34.6 Å². The van der Waals surface area contributed by atoms with Crippen LogP contribution in [-0.2, 0) is 31.9 Å². The highest BCUT2D eigenvalue weighted by Crippen LogP contribution is 2.24. The molecular formula is C52H53ClF2N10O8. The van der Waals surface area contributed by atoms with Crippen LogP contribution >= 0.6 is 11.6 Å². The third kappa shape index (κ3) is 15.1. The number of aromatic nitrogens is 4. The van der Waals surface area contributed by atoms with Gasteiger partial charge in [-0.3, -0.25) is 34.0 Å². The van der Waals surface area contributed by atoms with Gasteiger partial charge in [-0.1, -0.05) is 60.7 Å². The summed E-state index contributed by atoms with van der Waals surface area (Å²) in [5.41, 5.74) is 4.90. The van der Waals surface area contributed by atoms with E-state index in [2.05, 4.69) is 35.2 Å². The van der Waals surface area contributed by atoms with Gasteiger partial charge in [0.1, 0.15) is 34.5 Å². The Bertz CT molecular complexity index is 2760. The average Bonchev–Trinajstić information content (AvgIpc) is 4.12. The molecule has 2 atom stereocenters. The Kier molecular flexibility index (Phi) is 18.4. The van der Waals surface area contributed by atoms with E-state index >= 15 is 0 Å². The van der Waals surface area contributed by atoms with Gasteiger partial charge >= 0.3 is 12.0 Å². The van der Waals surface area contributed by atoms with Gasteiger partial charge in [0.05, 0.1) is 58.9 Å². The fourth-order valence-corrected chi connectivity index (χ4v) is 8.36. The highest BCUT2D eigenvalue weighted by atomic mass is 35.5. The summed E-state index contributed by atoms with van der Waals surface area (Å²) in [6, 6.07) is 33.3. The lowest BCUT2D eigenvalue weighted by molar-refractivity contribution is -0.139. The number of nitrogens with zero attached hydrogens (tertiary/aromatic N) is 9. The molecule has 2 unspecified atom stereocenters. The van der Waals surface area contributed by atoms with Gasteiger partial charge in [0.2, 0.25) is 11.8 Å². The predicted molar refractivity (Wildman–Crippen MR) is 262 cm³/mol. The minimum atomic E-state index is -0.639. The van der Waals surface area contributed by atoms with Crippen LogP contribution in [0.15, 0.2) is 134 Å². The van der Waals surface area contributed by atoms with Crippen molar-refractivity contribution in [2.45, 2.75) is 24.9 Å². The Balaban J connectivity index is 0.000000162. The molecule has 4 saturated heterocycles. The summed E-state index contributed by atoms with van der Waals surface area (Å²) >= 11 is 5.29. The second-order valence-electron chi connectivity index (χ2n) is 17.0. The van der Waals surface area contributed by atoms with Gasteiger partial charge in [-0.25, -0.2) is 34.2 Å². The summed E-state index contributed by atoms with van der Waals surface area (Å²) in [6.07, 6.45) is 3.22. The first-order chi connectivity index (χ1) is 35.5. The number of hydrogen-bond donors (Lipinski definition) is 1. The fourth-order valence-electron chi connectivity index (χ4n) is 8.26. The van der Waals surface area contributed by atoms with Crippen LogP contribution in [0.5, 0.6) is 23.5 Å². The highest BCUT2D eigenvalue weighted by Gasteiger charge is 2.40. The molecule has 4 aliphatic heterocycles. The van der Waals surface area contributed by atoms with Crippen LogP contribution in [0.4, 0.5) is 8.78 Å². The van der Waals surface area contributed by atoms with Gasteiger partial charge < -0.3 is 18.9 Å². The fraction of sp³-hybridized carbons (Fsp3) is 0.308. The molecule has 0 radical (unpaired) electrons. The molecule has 2 aromatic heterocycles. The Labute approximate surface area is 425 Å². The number of morpholine rings is 2. The molecule has 4 fully saturated rings. The van der Waals surface area contributed by atoms with Crippen LogP contribution in [0.2, 0.25) is 0 Å². The van der Waals surface area contributed by atoms with E-state index in [1.807, 2.05) is 36.4 Å². The molecular weight excluding hydrogens is 966 g/mol. The maximum Gasteiger partial charge on any atom is 0.322 e. The van der Waals surface area contributed by atoms with E-state index in [4.69, 9.17) is 30.5 Å². The molecule has 0 spiro atoms. The number of hydrogen-bond acceptors (Lipinski definition) is 15. The lowest BCUT2D eigenvalue weighted by Gasteiger charge is -2.31. The highest BCUT2D eigenvalue weighted by molar-refractivity contribution is 6.67. The van der Waals surface area contributed by atoms with E-state index in [0.717, 1.165) is 51.5 Å². The van der Waals surface area contributed by atoms with Crippen LogP contribution in [0.3, 0.4) is 0 Å². The zero-order valence-corrected chi connectivity index (χ0v) is 40.4. The number of halogens is 3. The molecule has 0 bridgehead atoms. The zero-order valence-electron chi connectivity index (χ0n) is 39.7. The first-order valence-electron chi connectivity index (χ1n) is 23.6. The number of para-hydroxylation sites is 2. The molecule has 0 aliphatic carbocycles. The molecule has 10 rings (SSSR count). The first-order valence-corrected chi connectivity index (χ1v) is 24.0. The van der Waals surface area contributed by atoms with Crippen molar-refractivity contribution in [1.29, 1.82) is 0 Å². The number of ether oxygens (including phenoxy) is 4. The summed E-state index contributed by atoms with van der Waals surface area (Å²) in [7, 11) is 0. The standard InChI is InChI=1S/C26H26FN5O4.C15H20FN3O2.C11H7ClN2O2/c27-20-8-6-19(7-9-20)16-24(33)31-17-21(30-12-14-35-15-13-30)18-32(31)25(34)23-10-11-28-26(29-23)36-22-4-2-1-3-5-22;16-13-3-1-12(2-4-13)9-15(20)19-11-14(10-17-19)18-5-7-21-8-6-18;12-10(15)9-6-7-13-11(14-9)16-8-4-2-1-3-5-8/h1-11,21H,12-18H2;1-4,14,17H,5-11H2;1-7H. The second kappa shape index (κ2) is 25.9. The quantitative estimate of drug-likeness (QED) is 0.149. The SMILES string of the molecule is O=C(Cc1ccc(F)cc1)N1CC(N2CCOCC2)CN1.O=C(Cc1ccc(F)cc1)N1CC(N2CCOCC2)CN1C(=O)c1ccnc(Oc2ccccc2)n1.O=C(Cl)c1ccnc(Oc2ccccc2)n1. The third-order valence-electron chi connectivity index (χ3n) is 12.0. The summed E-state index contributed by atoms with van der Waals surface area (Å²) < 4.78 is 48.0. The maximum absolute atomic E-state index is 13.6. The minimum Gasteiger partial charge on any atom is -0.424 e. The van der Waals surface area contributed by atoms with E-state index in [-0.39, 0.29) is 59.3 Å². The molecule has 3 amide bonds. The smallest absolute Gasteiger partial charge is 0.322 e. The van der Waals surface area contributed by atoms with E-state index in [1.54, 1.807) is 53.5 Å². The molecule has 6 heterocycles. The summed E-state index contributed by atoms with van der Waals surface area (Å²) in [5, 5.41) is 3.97. The molecule has 1 N–H and O–H groups in total. The van der Waals surface area contributed by atoms with Gasteiger partial charge in [-0.05, 0) is 83.4 Å². The van der Waals surface area contributed by atoms with Crippen molar-refractivity contribution in [3.63, 3.8) is 0 Å². The minimum absolute atomic E-state index is 0.0253. The van der Waals surface area contributed by atoms with E-state index in [1.165, 1.54) is 58.8 Å². The predicted octanol–water partition coefficient (Wildman–Crippen LogP) is 5.61. The molecule has 21 heteroatoms. The van der Waals surface area contributed by atoms with E-state index in [9.17, 15) is 28.0 Å². The number of hydrazine groups is 2. The van der Waals surface area contributed by atoms with Gasteiger partial charge in [0.15, 0.2) is 0 Å². The van der Waals surface area contributed by atoms with Crippen molar-refractivity contribution in [1.82, 2.24) is 50.2 Å². The molecule has 380 valence electrons. The number of rotatable bonds is 12.